The Bertz CT molecular complexity index is 470. The molecule has 2 rings (SSSR count). The van der Waals surface area contributed by atoms with Crippen molar-refractivity contribution < 1.29 is 4.42 Å². The van der Waals surface area contributed by atoms with Crippen LogP contribution in [0.1, 0.15) is 18.6 Å². The van der Waals surface area contributed by atoms with Gasteiger partial charge in [-0.1, -0.05) is 13.0 Å². The van der Waals surface area contributed by atoms with Crippen LogP contribution >= 0.6 is 15.9 Å². The van der Waals surface area contributed by atoms with Gasteiger partial charge in [-0.25, -0.2) is 9.97 Å². The third kappa shape index (κ3) is 2.82. The molecule has 0 amide bonds. The van der Waals surface area contributed by atoms with E-state index in [1.54, 1.807) is 6.20 Å². The number of rotatable bonds is 4. The summed E-state index contributed by atoms with van der Waals surface area (Å²) in [6, 6.07) is 5.70. The van der Waals surface area contributed by atoms with Crippen molar-refractivity contribution in [2.24, 2.45) is 0 Å². The van der Waals surface area contributed by atoms with Crippen molar-refractivity contribution in [3.05, 3.63) is 40.7 Å². The molecule has 2 aromatic rings. The second-order valence-electron chi connectivity index (χ2n) is 3.27. The maximum Gasteiger partial charge on any atom is 0.213 e. The van der Waals surface area contributed by atoms with Crippen LogP contribution in [0.3, 0.4) is 0 Å². The van der Waals surface area contributed by atoms with E-state index in [-0.39, 0.29) is 0 Å². The molecule has 0 bridgehead atoms. The molecule has 0 radical (unpaired) electrons. The summed E-state index contributed by atoms with van der Waals surface area (Å²) < 4.78 is 6.28. The first-order chi connectivity index (χ1) is 7.78. The first-order valence-electron chi connectivity index (χ1n) is 5.08. The van der Waals surface area contributed by atoms with Crippen molar-refractivity contribution in [3.63, 3.8) is 0 Å². The minimum absolute atomic E-state index is 0.545. The van der Waals surface area contributed by atoms with Gasteiger partial charge in [0, 0.05) is 6.42 Å². The largest absolute Gasteiger partial charge is 0.444 e. The molecule has 0 aliphatic carbocycles. The fourth-order valence-corrected chi connectivity index (χ4v) is 1.61. The van der Waals surface area contributed by atoms with Crippen LogP contribution in [0.4, 0.5) is 5.82 Å². The van der Waals surface area contributed by atoms with E-state index in [0.717, 1.165) is 22.6 Å². The van der Waals surface area contributed by atoms with Crippen molar-refractivity contribution in [2.75, 3.05) is 5.32 Å². The van der Waals surface area contributed by atoms with E-state index in [1.165, 1.54) is 0 Å². The van der Waals surface area contributed by atoms with Gasteiger partial charge in [0.15, 0.2) is 0 Å². The fourth-order valence-electron chi connectivity index (χ4n) is 1.27. The van der Waals surface area contributed by atoms with Gasteiger partial charge in [-0.15, -0.1) is 0 Å². The smallest absolute Gasteiger partial charge is 0.213 e. The van der Waals surface area contributed by atoms with Gasteiger partial charge in [0.25, 0.3) is 0 Å². The summed E-state index contributed by atoms with van der Waals surface area (Å²) in [5, 5.41) is 3.14. The Hall–Kier alpha value is -1.36. The molecule has 84 valence electrons. The Balaban J connectivity index is 1.96. The predicted octanol–water partition coefficient (Wildman–Crippen LogP) is 3.01. The molecule has 0 atom stereocenters. The third-order valence-corrected chi connectivity index (χ3v) is 2.53. The maximum atomic E-state index is 5.47. The average Bonchev–Trinajstić information content (AvgIpc) is 2.74. The number of nitrogens with one attached hydrogen (secondary N) is 1. The number of aryl methyl sites for hydroxylation is 1. The minimum Gasteiger partial charge on any atom is -0.444 e. The molecular weight excluding hydrogens is 270 g/mol. The van der Waals surface area contributed by atoms with Crippen molar-refractivity contribution >= 4 is 21.7 Å². The lowest BCUT2D eigenvalue weighted by molar-refractivity contribution is 0.465. The zero-order chi connectivity index (χ0) is 11.4. The highest BCUT2D eigenvalue weighted by Crippen LogP contribution is 2.11. The summed E-state index contributed by atoms with van der Waals surface area (Å²) in [5.74, 6) is 2.38. The Morgan fingerprint density at radius 1 is 1.44 bits per heavy atom. The van der Waals surface area contributed by atoms with Crippen molar-refractivity contribution in [1.29, 1.82) is 0 Å². The molecule has 0 aliphatic rings. The van der Waals surface area contributed by atoms with Gasteiger partial charge in [-0.3, -0.25) is 0 Å². The van der Waals surface area contributed by atoms with E-state index in [1.807, 2.05) is 25.1 Å². The summed E-state index contributed by atoms with van der Waals surface area (Å²) in [7, 11) is 0. The molecule has 1 N–H and O–H groups in total. The van der Waals surface area contributed by atoms with Crippen LogP contribution < -0.4 is 5.32 Å². The van der Waals surface area contributed by atoms with E-state index in [4.69, 9.17) is 4.42 Å². The molecule has 0 saturated carbocycles. The van der Waals surface area contributed by atoms with Gasteiger partial charge in [-0.2, -0.15) is 0 Å². The standard InChI is InChI=1S/C11H12BrN3O/c1-2-8-6-14-11(16-8)7-13-10-5-3-4-9(12)15-10/h3-6H,2,7H2,1H3,(H,13,15). The molecule has 0 unspecified atom stereocenters. The SMILES string of the molecule is CCc1cnc(CNc2cccc(Br)n2)o1. The summed E-state index contributed by atoms with van der Waals surface area (Å²) >= 11 is 3.31. The van der Waals surface area contributed by atoms with Crippen molar-refractivity contribution in [1.82, 2.24) is 9.97 Å². The first-order valence-corrected chi connectivity index (χ1v) is 5.87. The van der Waals surface area contributed by atoms with E-state index in [2.05, 4.69) is 31.2 Å². The maximum absolute atomic E-state index is 5.47. The van der Waals surface area contributed by atoms with Crippen molar-refractivity contribution in [3.8, 4) is 0 Å². The normalized spacial score (nSPS) is 10.4. The Labute approximate surface area is 102 Å². The highest BCUT2D eigenvalue weighted by atomic mass is 79.9. The van der Waals surface area contributed by atoms with E-state index >= 15 is 0 Å². The highest BCUT2D eigenvalue weighted by molar-refractivity contribution is 9.10. The van der Waals surface area contributed by atoms with Crippen LogP contribution in [0.5, 0.6) is 0 Å². The summed E-state index contributed by atoms with van der Waals surface area (Å²) in [5.41, 5.74) is 0. The molecule has 0 aromatic carbocycles. The van der Waals surface area contributed by atoms with Crippen molar-refractivity contribution in [2.45, 2.75) is 19.9 Å². The topological polar surface area (TPSA) is 51.0 Å². The Kier molecular flexibility index (Phi) is 3.56. The second kappa shape index (κ2) is 5.12. The van der Waals surface area contributed by atoms with Gasteiger partial charge in [0.05, 0.1) is 12.7 Å². The molecule has 0 saturated heterocycles. The molecule has 4 nitrogen and oxygen atoms in total. The van der Waals surface area contributed by atoms with Crippen LogP contribution in [-0.2, 0) is 13.0 Å². The van der Waals surface area contributed by atoms with Gasteiger partial charge in [-0.05, 0) is 28.1 Å². The summed E-state index contributed by atoms with van der Waals surface area (Å²) in [6.45, 7) is 2.58. The number of aromatic nitrogens is 2. The number of anilines is 1. The minimum atomic E-state index is 0.545. The van der Waals surface area contributed by atoms with Crippen LogP contribution in [0, 0.1) is 0 Å². The highest BCUT2D eigenvalue weighted by Gasteiger charge is 2.02. The molecule has 0 spiro atoms. The van der Waals surface area contributed by atoms with Gasteiger partial charge < -0.3 is 9.73 Å². The summed E-state index contributed by atoms with van der Waals surface area (Å²) in [6.07, 6.45) is 2.62. The predicted molar refractivity (Wildman–Crippen MR) is 65.1 cm³/mol. The van der Waals surface area contributed by atoms with Crippen LogP contribution in [0.2, 0.25) is 0 Å². The molecule has 0 fully saturated rings. The molecular formula is C11H12BrN3O. The second-order valence-corrected chi connectivity index (χ2v) is 4.09. The lowest BCUT2D eigenvalue weighted by atomic mass is 10.4. The van der Waals surface area contributed by atoms with Gasteiger partial charge >= 0.3 is 0 Å². The molecule has 2 aromatic heterocycles. The number of hydrogen-bond acceptors (Lipinski definition) is 4. The zero-order valence-electron chi connectivity index (χ0n) is 8.90. The van der Waals surface area contributed by atoms with Gasteiger partial charge in [0.2, 0.25) is 5.89 Å². The average molecular weight is 282 g/mol. The molecule has 2 heterocycles. The fraction of sp³-hybridized carbons (Fsp3) is 0.273. The van der Waals surface area contributed by atoms with Crippen LogP contribution in [0.15, 0.2) is 33.4 Å². The lowest BCUT2D eigenvalue weighted by Crippen LogP contribution is -2.01. The van der Waals surface area contributed by atoms with E-state index in [0.29, 0.717) is 12.4 Å². The number of pyridine rings is 1. The molecule has 5 heteroatoms. The van der Waals surface area contributed by atoms with Gasteiger partial charge in [0.1, 0.15) is 16.2 Å². The number of nitrogens with zero attached hydrogens (tertiary/aromatic N) is 2. The third-order valence-electron chi connectivity index (χ3n) is 2.09. The molecule has 16 heavy (non-hydrogen) atoms. The Morgan fingerprint density at radius 3 is 3.00 bits per heavy atom. The zero-order valence-corrected chi connectivity index (χ0v) is 10.5. The van der Waals surface area contributed by atoms with Crippen LogP contribution in [0.25, 0.3) is 0 Å². The Morgan fingerprint density at radius 2 is 2.31 bits per heavy atom. The van der Waals surface area contributed by atoms with E-state index in [9.17, 15) is 0 Å². The van der Waals surface area contributed by atoms with E-state index < -0.39 is 0 Å². The first kappa shape index (κ1) is 11.1. The van der Waals surface area contributed by atoms with Crippen LogP contribution in [-0.4, -0.2) is 9.97 Å². The lowest BCUT2D eigenvalue weighted by Gasteiger charge is -2.02. The quantitative estimate of drug-likeness (QED) is 0.876. The number of halogens is 1. The summed E-state index contributed by atoms with van der Waals surface area (Å²) in [4.78, 5) is 8.41. The number of hydrogen-bond donors (Lipinski definition) is 1. The monoisotopic (exact) mass is 281 g/mol. The molecule has 0 aliphatic heterocycles. The number of oxazole rings is 1.